The maximum absolute atomic E-state index is 13.5. The van der Waals surface area contributed by atoms with Crippen molar-refractivity contribution in [3.05, 3.63) is 88.3 Å². The van der Waals surface area contributed by atoms with Crippen LogP contribution in [0.3, 0.4) is 0 Å². The number of hydrogen-bond donors (Lipinski definition) is 0. The van der Waals surface area contributed by atoms with Crippen LogP contribution in [0, 0.1) is 13.8 Å². The number of anilines is 1. The highest BCUT2D eigenvalue weighted by Gasteiger charge is 2.34. The SMILES string of the molecule is COc1cc(/C=C2/SC(=Nc3ccc(C)cc3)N(c3ccc(C)cc3)C2=O)ccc1OC(C)C. The molecule has 0 aromatic heterocycles. The highest BCUT2D eigenvalue weighted by molar-refractivity contribution is 8.19. The van der Waals surface area contributed by atoms with Crippen molar-refractivity contribution in [2.45, 2.75) is 33.8 Å². The lowest BCUT2D eigenvalue weighted by Gasteiger charge is -2.16. The molecule has 3 aromatic rings. The van der Waals surface area contributed by atoms with Gasteiger partial charge in [-0.3, -0.25) is 9.69 Å². The molecule has 0 saturated carbocycles. The largest absolute Gasteiger partial charge is 0.493 e. The first kappa shape index (κ1) is 23.6. The summed E-state index contributed by atoms with van der Waals surface area (Å²) in [5, 5.41) is 0.621. The topological polar surface area (TPSA) is 51.1 Å². The van der Waals surface area contributed by atoms with E-state index in [-0.39, 0.29) is 12.0 Å². The number of ether oxygens (including phenoxy) is 2. The normalized spacial score (nSPS) is 16.1. The number of hydrogen-bond acceptors (Lipinski definition) is 5. The van der Waals surface area contributed by atoms with Crippen LogP contribution in [0.1, 0.15) is 30.5 Å². The summed E-state index contributed by atoms with van der Waals surface area (Å²) in [5.74, 6) is 1.19. The minimum Gasteiger partial charge on any atom is -0.493 e. The number of amides is 1. The van der Waals surface area contributed by atoms with E-state index in [0.717, 1.165) is 28.1 Å². The molecule has 0 aliphatic carbocycles. The molecular weight excluding hydrogens is 444 g/mol. The first-order chi connectivity index (χ1) is 16.3. The van der Waals surface area contributed by atoms with Gasteiger partial charge in [-0.2, -0.15) is 0 Å². The molecule has 0 spiro atoms. The second-order valence-corrected chi connectivity index (χ2v) is 9.40. The number of aliphatic imine (C=N–C) groups is 1. The molecule has 174 valence electrons. The summed E-state index contributed by atoms with van der Waals surface area (Å²) in [4.78, 5) is 20.6. The molecule has 0 atom stereocenters. The summed E-state index contributed by atoms with van der Waals surface area (Å²) in [6, 6.07) is 21.5. The molecule has 4 rings (SSSR count). The lowest BCUT2D eigenvalue weighted by atomic mass is 10.1. The van der Waals surface area contributed by atoms with Gasteiger partial charge in [0.05, 0.1) is 29.5 Å². The van der Waals surface area contributed by atoms with E-state index in [2.05, 4.69) is 0 Å². The van der Waals surface area contributed by atoms with E-state index >= 15 is 0 Å². The monoisotopic (exact) mass is 472 g/mol. The van der Waals surface area contributed by atoms with Crippen molar-refractivity contribution in [3.8, 4) is 11.5 Å². The molecule has 1 saturated heterocycles. The van der Waals surface area contributed by atoms with Crippen molar-refractivity contribution in [3.63, 3.8) is 0 Å². The summed E-state index contributed by atoms with van der Waals surface area (Å²) < 4.78 is 11.3. The van der Waals surface area contributed by atoms with E-state index in [1.807, 2.05) is 101 Å². The number of amidine groups is 1. The summed E-state index contributed by atoms with van der Waals surface area (Å²) in [6.07, 6.45) is 1.90. The van der Waals surface area contributed by atoms with Gasteiger partial charge in [0.15, 0.2) is 16.7 Å². The fourth-order valence-corrected chi connectivity index (χ4v) is 4.48. The predicted octanol–water partition coefficient (Wildman–Crippen LogP) is 6.91. The average molecular weight is 473 g/mol. The first-order valence-corrected chi connectivity index (χ1v) is 12.0. The van der Waals surface area contributed by atoms with Gasteiger partial charge in [0.25, 0.3) is 5.91 Å². The van der Waals surface area contributed by atoms with Crippen molar-refractivity contribution >= 4 is 40.3 Å². The summed E-state index contributed by atoms with van der Waals surface area (Å²) in [6.45, 7) is 8.00. The summed E-state index contributed by atoms with van der Waals surface area (Å²) in [7, 11) is 1.61. The van der Waals surface area contributed by atoms with Gasteiger partial charge in [-0.15, -0.1) is 0 Å². The van der Waals surface area contributed by atoms with Crippen LogP contribution in [0.4, 0.5) is 11.4 Å². The molecule has 1 amide bonds. The van der Waals surface area contributed by atoms with E-state index in [1.54, 1.807) is 12.0 Å². The Morgan fingerprint density at radius 2 is 1.56 bits per heavy atom. The molecule has 0 radical (unpaired) electrons. The number of carbonyl (C=O) groups is 1. The number of methoxy groups -OCH3 is 1. The van der Waals surface area contributed by atoms with Crippen LogP contribution in [0.25, 0.3) is 6.08 Å². The zero-order valence-electron chi connectivity index (χ0n) is 20.0. The molecule has 0 unspecified atom stereocenters. The van der Waals surface area contributed by atoms with Crippen LogP contribution >= 0.6 is 11.8 Å². The lowest BCUT2D eigenvalue weighted by molar-refractivity contribution is -0.113. The molecule has 3 aromatic carbocycles. The lowest BCUT2D eigenvalue weighted by Crippen LogP contribution is -2.28. The summed E-state index contributed by atoms with van der Waals surface area (Å²) in [5.41, 5.74) is 4.73. The van der Waals surface area contributed by atoms with Gasteiger partial charge < -0.3 is 9.47 Å². The Bertz CT molecular complexity index is 1250. The van der Waals surface area contributed by atoms with Gasteiger partial charge in [0, 0.05) is 0 Å². The summed E-state index contributed by atoms with van der Waals surface area (Å²) >= 11 is 1.36. The Hall–Kier alpha value is -3.51. The quantitative estimate of drug-likeness (QED) is 0.366. The maximum Gasteiger partial charge on any atom is 0.271 e. The van der Waals surface area contributed by atoms with Crippen molar-refractivity contribution in [2.75, 3.05) is 12.0 Å². The minimum absolute atomic E-state index is 0.0358. The molecule has 5 nitrogen and oxygen atoms in total. The Balaban J connectivity index is 1.73. The van der Waals surface area contributed by atoms with Crippen LogP contribution in [0.2, 0.25) is 0 Å². The number of rotatable bonds is 6. The maximum atomic E-state index is 13.5. The van der Waals surface area contributed by atoms with E-state index in [9.17, 15) is 4.79 Å². The van der Waals surface area contributed by atoms with Crippen LogP contribution < -0.4 is 14.4 Å². The third-order valence-electron chi connectivity index (χ3n) is 5.21. The van der Waals surface area contributed by atoms with Crippen molar-refractivity contribution < 1.29 is 14.3 Å². The van der Waals surface area contributed by atoms with E-state index < -0.39 is 0 Å². The standard InChI is InChI=1S/C28H28N2O3S/c1-18(2)33-24-15-10-21(16-25(24)32-5)17-26-27(31)30(23-13-8-20(4)9-14-23)28(34-26)29-22-11-6-19(3)7-12-22/h6-18H,1-5H3/b26-17+,29-28?. The fraction of sp³-hybridized carbons (Fsp3) is 0.214. The van der Waals surface area contributed by atoms with Gasteiger partial charge >= 0.3 is 0 Å². The minimum atomic E-state index is -0.110. The van der Waals surface area contributed by atoms with Gasteiger partial charge in [0.2, 0.25) is 0 Å². The molecule has 6 heteroatoms. The second-order valence-electron chi connectivity index (χ2n) is 8.39. The number of nitrogens with zero attached hydrogens (tertiary/aromatic N) is 2. The molecule has 34 heavy (non-hydrogen) atoms. The molecule has 0 bridgehead atoms. The Labute approximate surface area is 205 Å². The van der Waals surface area contributed by atoms with Crippen molar-refractivity contribution in [1.82, 2.24) is 0 Å². The van der Waals surface area contributed by atoms with E-state index in [4.69, 9.17) is 14.5 Å². The van der Waals surface area contributed by atoms with Crippen LogP contribution in [-0.2, 0) is 4.79 Å². The average Bonchev–Trinajstić information content (AvgIpc) is 3.11. The Kier molecular flexibility index (Phi) is 7.08. The van der Waals surface area contributed by atoms with Gasteiger partial charge in [-0.05, 0) is 87.5 Å². The molecule has 0 N–H and O–H groups in total. The molecular formula is C28H28N2O3S. The van der Waals surface area contributed by atoms with Crippen molar-refractivity contribution in [1.29, 1.82) is 0 Å². The van der Waals surface area contributed by atoms with Gasteiger partial charge in [-0.1, -0.05) is 41.5 Å². The van der Waals surface area contributed by atoms with Crippen molar-refractivity contribution in [2.24, 2.45) is 4.99 Å². The van der Waals surface area contributed by atoms with Gasteiger partial charge in [-0.25, -0.2) is 4.99 Å². The second kappa shape index (κ2) is 10.2. The third kappa shape index (κ3) is 5.34. The molecule has 1 aliphatic rings. The highest BCUT2D eigenvalue weighted by atomic mass is 32.2. The van der Waals surface area contributed by atoms with Crippen LogP contribution in [0.5, 0.6) is 11.5 Å². The highest BCUT2D eigenvalue weighted by Crippen LogP contribution is 2.38. The predicted molar refractivity (Wildman–Crippen MR) is 141 cm³/mol. The van der Waals surface area contributed by atoms with Crippen LogP contribution in [-0.4, -0.2) is 24.3 Å². The van der Waals surface area contributed by atoms with E-state index in [0.29, 0.717) is 21.6 Å². The molecule has 1 aliphatic heterocycles. The Morgan fingerprint density at radius 1 is 0.912 bits per heavy atom. The Morgan fingerprint density at radius 3 is 2.18 bits per heavy atom. The fourth-order valence-electron chi connectivity index (χ4n) is 3.48. The number of benzene rings is 3. The third-order valence-corrected chi connectivity index (χ3v) is 6.17. The molecule has 1 fully saturated rings. The number of thioether (sulfide) groups is 1. The zero-order chi connectivity index (χ0) is 24.2. The first-order valence-electron chi connectivity index (χ1n) is 11.1. The number of carbonyl (C=O) groups excluding carboxylic acids is 1. The van der Waals surface area contributed by atoms with E-state index in [1.165, 1.54) is 11.8 Å². The number of aryl methyl sites for hydroxylation is 2. The zero-order valence-corrected chi connectivity index (χ0v) is 20.8. The smallest absolute Gasteiger partial charge is 0.271 e. The van der Waals surface area contributed by atoms with Gasteiger partial charge in [0.1, 0.15) is 0 Å². The van der Waals surface area contributed by atoms with Crippen LogP contribution in [0.15, 0.2) is 76.6 Å². The molecule has 1 heterocycles.